The minimum Gasteiger partial charge on any atom is -0.480 e. The molecule has 0 aromatic rings. The highest BCUT2D eigenvalue weighted by atomic mass is 16.4. The summed E-state index contributed by atoms with van der Waals surface area (Å²) < 4.78 is 0. The van der Waals surface area contributed by atoms with Crippen molar-refractivity contribution in [1.82, 2.24) is 15.1 Å². The molecule has 0 heterocycles. The fourth-order valence-electron chi connectivity index (χ4n) is 1.46. The standard InChI is InChI=1S/C12H25N3O4/c1-9(2)7-15(6-5-14(3)4)12(19)13-10(8-16)11(17)18/h9-10,16H,5-8H2,1-4H3,(H,13,19)(H,17,18)/t10-/m0/s1. The summed E-state index contributed by atoms with van der Waals surface area (Å²) in [5.74, 6) is -0.960. The molecule has 1 atom stereocenters. The number of hydrogen-bond donors (Lipinski definition) is 3. The largest absolute Gasteiger partial charge is 0.480 e. The lowest BCUT2D eigenvalue weighted by atomic mass is 10.2. The van der Waals surface area contributed by atoms with Crippen LogP contribution in [0.15, 0.2) is 0 Å². The van der Waals surface area contributed by atoms with Crippen molar-refractivity contribution in [2.75, 3.05) is 40.3 Å². The third-order valence-electron chi connectivity index (χ3n) is 2.47. The van der Waals surface area contributed by atoms with Crippen LogP contribution >= 0.6 is 0 Å². The summed E-state index contributed by atoms with van der Waals surface area (Å²) in [6, 6.07) is -1.72. The number of amides is 2. The highest BCUT2D eigenvalue weighted by Gasteiger charge is 2.22. The van der Waals surface area contributed by atoms with Crippen LogP contribution < -0.4 is 5.32 Å². The van der Waals surface area contributed by atoms with E-state index in [0.717, 1.165) is 0 Å². The summed E-state index contributed by atoms with van der Waals surface area (Å²) in [4.78, 5) is 26.3. The van der Waals surface area contributed by atoms with Crippen molar-refractivity contribution in [1.29, 1.82) is 0 Å². The number of carboxylic acid groups (broad SMARTS) is 1. The number of hydrogen-bond acceptors (Lipinski definition) is 4. The zero-order chi connectivity index (χ0) is 15.0. The van der Waals surface area contributed by atoms with E-state index in [1.54, 1.807) is 4.90 Å². The van der Waals surface area contributed by atoms with Crippen LogP contribution in [-0.4, -0.2) is 78.4 Å². The fourth-order valence-corrected chi connectivity index (χ4v) is 1.46. The van der Waals surface area contributed by atoms with Gasteiger partial charge < -0.3 is 25.3 Å². The Morgan fingerprint density at radius 2 is 1.79 bits per heavy atom. The van der Waals surface area contributed by atoms with E-state index in [1.807, 2.05) is 32.8 Å². The SMILES string of the molecule is CC(C)CN(CCN(C)C)C(=O)N[C@@H](CO)C(=O)O. The molecule has 7 heteroatoms. The number of rotatable bonds is 8. The first-order valence-electron chi connectivity index (χ1n) is 6.31. The van der Waals surface area contributed by atoms with Crippen molar-refractivity contribution in [3.05, 3.63) is 0 Å². The van der Waals surface area contributed by atoms with E-state index in [4.69, 9.17) is 10.2 Å². The van der Waals surface area contributed by atoms with Crippen LogP contribution in [-0.2, 0) is 4.79 Å². The predicted molar refractivity (Wildman–Crippen MR) is 72.0 cm³/mol. The number of nitrogens with one attached hydrogen (secondary N) is 1. The van der Waals surface area contributed by atoms with Gasteiger partial charge >= 0.3 is 12.0 Å². The lowest BCUT2D eigenvalue weighted by Crippen LogP contribution is -2.51. The first-order valence-corrected chi connectivity index (χ1v) is 6.31. The molecule has 0 rings (SSSR count). The third-order valence-corrected chi connectivity index (χ3v) is 2.47. The first kappa shape index (κ1) is 17.7. The molecule has 112 valence electrons. The molecule has 0 unspecified atom stereocenters. The number of likely N-dealkylation sites (N-methyl/N-ethyl adjacent to an activating group) is 1. The average Bonchev–Trinajstić information content (AvgIpc) is 2.29. The van der Waals surface area contributed by atoms with Gasteiger partial charge in [0.25, 0.3) is 0 Å². The van der Waals surface area contributed by atoms with Crippen LogP contribution in [0.1, 0.15) is 13.8 Å². The van der Waals surface area contributed by atoms with Gasteiger partial charge in [-0.05, 0) is 20.0 Å². The van der Waals surface area contributed by atoms with E-state index >= 15 is 0 Å². The van der Waals surface area contributed by atoms with Crippen LogP contribution in [0.25, 0.3) is 0 Å². The average molecular weight is 275 g/mol. The number of aliphatic hydroxyl groups is 1. The molecule has 0 saturated heterocycles. The number of aliphatic hydroxyl groups excluding tert-OH is 1. The van der Waals surface area contributed by atoms with Crippen molar-refractivity contribution in [3.63, 3.8) is 0 Å². The van der Waals surface area contributed by atoms with Crippen molar-refractivity contribution in [3.8, 4) is 0 Å². The van der Waals surface area contributed by atoms with Crippen LogP contribution in [0.4, 0.5) is 4.79 Å². The topological polar surface area (TPSA) is 93.1 Å². The Bertz CT molecular complexity index is 295. The van der Waals surface area contributed by atoms with Crippen LogP contribution in [0.5, 0.6) is 0 Å². The van der Waals surface area contributed by atoms with E-state index in [9.17, 15) is 9.59 Å². The highest BCUT2D eigenvalue weighted by molar-refractivity contribution is 5.82. The molecule has 0 saturated carbocycles. The summed E-state index contributed by atoms with van der Waals surface area (Å²) in [5, 5.41) is 20.0. The maximum Gasteiger partial charge on any atom is 0.328 e. The Morgan fingerprint density at radius 3 is 2.16 bits per heavy atom. The van der Waals surface area contributed by atoms with Crippen molar-refractivity contribution < 1.29 is 19.8 Å². The molecular weight excluding hydrogens is 250 g/mol. The molecule has 2 amide bonds. The number of urea groups is 1. The minimum atomic E-state index is -1.26. The lowest BCUT2D eigenvalue weighted by molar-refractivity contribution is -0.140. The Morgan fingerprint density at radius 1 is 1.21 bits per heavy atom. The molecule has 0 aliphatic rings. The monoisotopic (exact) mass is 275 g/mol. The molecule has 3 N–H and O–H groups in total. The summed E-state index contributed by atoms with van der Waals surface area (Å²) in [5.41, 5.74) is 0. The fraction of sp³-hybridized carbons (Fsp3) is 0.833. The number of carboxylic acids is 1. The van der Waals surface area contributed by atoms with Crippen LogP contribution in [0.2, 0.25) is 0 Å². The van der Waals surface area contributed by atoms with Gasteiger partial charge in [0.05, 0.1) is 6.61 Å². The normalized spacial score (nSPS) is 12.6. The summed E-state index contributed by atoms with van der Waals surface area (Å²) in [7, 11) is 3.80. The zero-order valence-corrected chi connectivity index (χ0v) is 12.1. The van der Waals surface area contributed by atoms with Gasteiger partial charge in [0.15, 0.2) is 6.04 Å². The minimum absolute atomic E-state index is 0.283. The Hall–Kier alpha value is -1.34. The third kappa shape index (κ3) is 7.63. The molecule has 19 heavy (non-hydrogen) atoms. The Balaban J connectivity index is 4.55. The quantitative estimate of drug-likeness (QED) is 0.563. The second-order valence-corrected chi connectivity index (χ2v) is 5.17. The maximum atomic E-state index is 12.0. The van der Waals surface area contributed by atoms with Gasteiger partial charge in [-0.25, -0.2) is 9.59 Å². The molecule has 0 spiro atoms. The number of nitrogens with zero attached hydrogens (tertiary/aromatic N) is 2. The lowest BCUT2D eigenvalue weighted by Gasteiger charge is -2.27. The first-order chi connectivity index (χ1) is 8.77. The van der Waals surface area contributed by atoms with Crippen LogP contribution in [0.3, 0.4) is 0 Å². The highest BCUT2D eigenvalue weighted by Crippen LogP contribution is 2.00. The smallest absolute Gasteiger partial charge is 0.328 e. The van der Waals surface area contributed by atoms with Gasteiger partial charge in [0.2, 0.25) is 0 Å². The van der Waals surface area contributed by atoms with Crippen molar-refractivity contribution in [2.45, 2.75) is 19.9 Å². The predicted octanol–water partition coefficient (Wildman–Crippen LogP) is -0.339. The molecule has 0 aliphatic carbocycles. The number of aliphatic carboxylic acids is 1. The van der Waals surface area contributed by atoms with E-state index in [2.05, 4.69) is 5.32 Å². The van der Waals surface area contributed by atoms with Gasteiger partial charge in [-0.3, -0.25) is 0 Å². The summed E-state index contributed by atoms with van der Waals surface area (Å²) >= 11 is 0. The van der Waals surface area contributed by atoms with Gasteiger partial charge in [-0.1, -0.05) is 13.8 Å². The molecule has 0 aromatic carbocycles. The van der Waals surface area contributed by atoms with Crippen molar-refractivity contribution >= 4 is 12.0 Å². The molecule has 0 aliphatic heterocycles. The molecular formula is C12H25N3O4. The summed E-state index contributed by atoms with van der Waals surface area (Å²) in [6.45, 7) is 5.08. The molecule has 0 radical (unpaired) electrons. The van der Waals surface area contributed by atoms with Crippen molar-refractivity contribution in [2.24, 2.45) is 5.92 Å². The molecule has 0 bridgehead atoms. The second kappa shape index (κ2) is 8.71. The molecule has 0 fully saturated rings. The van der Waals surface area contributed by atoms with Gasteiger partial charge in [-0.15, -0.1) is 0 Å². The van der Waals surface area contributed by atoms with Gasteiger partial charge in [-0.2, -0.15) is 0 Å². The molecule has 7 nitrogen and oxygen atoms in total. The van der Waals surface area contributed by atoms with Crippen LogP contribution in [0, 0.1) is 5.92 Å². The van der Waals surface area contributed by atoms with E-state index in [-0.39, 0.29) is 5.92 Å². The molecule has 0 aromatic heterocycles. The maximum absolute atomic E-state index is 12.0. The van der Waals surface area contributed by atoms with E-state index < -0.39 is 24.6 Å². The van der Waals surface area contributed by atoms with Gasteiger partial charge in [0.1, 0.15) is 0 Å². The Labute approximate surface area is 114 Å². The zero-order valence-electron chi connectivity index (χ0n) is 12.1. The number of carbonyl (C=O) groups is 2. The second-order valence-electron chi connectivity index (χ2n) is 5.17. The van der Waals surface area contributed by atoms with E-state index in [1.165, 1.54) is 0 Å². The van der Waals surface area contributed by atoms with Gasteiger partial charge in [0, 0.05) is 19.6 Å². The number of carbonyl (C=O) groups excluding carboxylic acids is 1. The summed E-state index contributed by atoms with van der Waals surface area (Å²) in [6.07, 6.45) is 0. The Kier molecular flexibility index (Phi) is 8.09. The van der Waals surface area contributed by atoms with E-state index in [0.29, 0.717) is 19.6 Å².